The normalized spacial score (nSPS) is 10.3. The molecule has 0 atom stereocenters. The van der Waals surface area contributed by atoms with Gasteiger partial charge in [-0.1, -0.05) is 6.92 Å². The molecule has 0 aliphatic carbocycles. The van der Waals surface area contributed by atoms with E-state index in [4.69, 9.17) is 4.42 Å². The molecular formula is C11H18N2O2. The van der Waals surface area contributed by atoms with Gasteiger partial charge >= 0.3 is 0 Å². The Balaban J connectivity index is 2.17. The van der Waals surface area contributed by atoms with Crippen LogP contribution in [0.15, 0.2) is 16.5 Å². The SMILES string of the molecule is CCc1ccc(CNCCC(=O)NC)o1. The molecule has 4 nitrogen and oxygen atoms in total. The third kappa shape index (κ3) is 4.16. The van der Waals surface area contributed by atoms with Gasteiger partial charge in [0, 0.05) is 26.4 Å². The molecule has 84 valence electrons. The van der Waals surface area contributed by atoms with Crippen molar-refractivity contribution in [1.82, 2.24) is 10.6 Å². The van der Waals surface area contributed by atoms with E-state index in [1.807, 2.05) is 12.1 Å². The molecule has 1 heterocycles. The van der Waals surface area contributed by atoms with E-state index in [0.29, 0.717) is 19.5 Å². The van der Waals surface area contributed by atoms with Crippen molar-refractivity contribution in [1.29, 1.82) is 0 Å². The van der Waals surface area contributed by atoms with Crippen LogP contribution in [0.25, 0.3) is 0 Å². The number of carbonyl (C=O) groups is 1. The average Bonchev–Trinajstić information content (AvgIpc) is 2.72. The fourth-order valence-electron chi connectivity index (χ4n) is 1.25. The van der Waals surface area contributed by atoms with Crippen molar-refractivity contribution >= 4 is 5.91 Å². The second kappa shape index (κ2) is 6.24. The minimum absolute atomic E-state index is 0.0520. The van der Waals surface area contributed by atoms with Crippen LogP contribution in [0, 0.1) is 0 Å². The molecule has 0 aliphatic rings. The highest BCUT2D eigenvalue weighted by Crippen LogP contribution is 2.07. The van der Waals surface area contributed by atoms with E-state index in [-0.39, 0.29) is 5.91 Å². The number of hydrogen-bond donors (Lipinski definition) is 2. The summed E-state index contributed by atoms with van der Waals surface area (Å²) in [6, 6.07) is 3.95. The van der Waals surface area contributed by atoms with Crippen LogP contribution in [0.3, 0.4) is 0 Å². The smallest absolute Gasteiger partial charge is 0.221 e. The summed E-state index contributed by atoms with van der Waals surface area (Å²) in [6.45, 7) is 3.40. The molecule has 0 saturated carbocycles. The number of nitrogens with one attached hydrogen (secondary N) is 2. The predicted molar refractivity (Wildman–Crippen MR) is 58.5 cm³/mol. The van der Waals surface area contributed by atoms with E-state index >= 15 is 0 Å². The van der Waals surface area contributed by atoms with Crippen molar-refractivity contribution in [3.8, 4) is 0 Å². The molecule has 0 unspecified atom stereocenters. The summed E-state index contributed by atoms with van der Waals surface area (Å²) in [7, 11) is 1.64. The number of rotatable bonds is 6. The van der Waals surface area contributed by atoms with Gasteiger partial charge in [0.1, 0.15) is 11.5 Å². The quantitative estimate of drug-likeness (QED) is 0.690. The topological polar surface area (TPSA) is 54.3 Å². The van der Waals surface area contributed by atoms with Gasteiger partial charge in [0.05, 0.1) is 6.54 Å². The average molecular weight is 210 g/mol. The Kier molecular flexibility index (Phi) is 4.90. The van der Waals surface area contributed by atoms with Gasteiger partial charge in [0.2, 0.25) is 5.91 Å². The lowest BCUT2D eigenvalue weighted by atomic mass is 10.3. The first kappa shape index (κ1) is 11.8. The highest BCUT2D eigenvalue weighted by Gasteiger charge is 2.00. The van der Waals surface area contributed by atoms with E-state index in [1.54, 1.807) is 7.05 Å². The van der Waals surface area contributed by atoms with Crippen molar-refractivity contribution in [3.05, 3.63) is 23.7 Å². The number of furan rings is 1. The standard InChI is InChI=1S/C11H18N2O2/c1-3-9-4-5-10(15-9)8-13-7-6-11(14)12-2/h4-5,13H,3,6-8H2,1-2H3,(H,12,14). The van der Waals surface area contributed by atoms with Crippen molar-refractivity contribution in [2.45, 2.75) is 26.3 Å². The van der Waals surface area contributed by atoms with Crippen LogP contribution in [0.2, 0.25) is 0 Å². The molecule has 0 aliphatic heterocycles. The van der Waals surface area contributed by atoms with E-state index in [1.165, 1.54) is 0 Å². The zero-order valence-corrected chi connectivity index (χ0v) is 9.30. The van der Waals surface area contributed by atoms with Gasteiger partial charge in [-0.3, -0.25) is 4.79 Å². The van der Waals surface area contributed by atoms with Gasteiger partial charge in [-0.2, -0.15) is 0 Å². The largest absolute Gasteiger partial charge is 0.465 e. The molecule has 1 aromatic heterocycles. The molecule has 15 heavy (non-hydrogen) atoms. The van der Waals surface area contributed by atoms with Crippen molar-refractivity contribution < 1.29 is 9.21 Å². The summed E-state index contributed by atoms with van der Waals surface area (Å²) in [4.78, 5) is 10.9. The summed E-state index contributed by atoms with van der Waals surface area (Å²) < 4.78 is 5.50. The van der Waals surface area contributed by atoms with Crippen LogP contribution in [-0.2, 0) is 17.8 Å². The van der Waals surface area contributed by atoms with Crippen LogP contribution in [-0.4, -0.2) is 19.5 Å². The van der Waals surface area contributed by atoms with Crippen LogP contribution in [0.1, 0.15) is 24.9 Å². The van der Waals surface area contributed by atoms with Gasteiger partial charge in [0.15, 0.2) is 0 Å². The molecule has 1 aromatic rings. The molecule has 0 bridgehead atoms. The van der Waals surface area contributed by atoms with Gasteiger partial charge in [-0.25, -0.2) is 0 Å². The zero-order chi connectivity index (χ0) is 11.1. The molecule has 0 radical (unpaired) electrons. The molecule has 1 rings (SSSR count). The predicted octanol–water partition coefficient (Wildman–Crippen LogP) is 1.07. The minimum atomic E-state index is 0.0520. The molecule has 4 heteroatoms. The Hall–Kier alpha value is -1.29. The summed E-state index contributed by atoms with van der Waals surface area (Å²) in [5.41, 5.74) is 0. The molecule has 0 spiro atoms. The zero-order valence-electron chi connectivity index (χ0n) is 9.30. The van der Waals surface area contributed by atoms with Gasteiger partial charge in [-0.05, 0) is 12.1 Å². The minimum Gasteiger partial charge on any atom is -0.465 e. The maximum Gasteiger partial charge on any atom is 0.221 e. The van der Waals surface area contributed by atoms with Crippen molar-refractivity contribution in [2.24, 2.45) is 0 Å². The number of aryl methyl sites for hydroxylation is 1. The second-order valence-corrected chi connectivity index (χ2v) is 3.32. The van der Waals surface area contributed by atoms with Crippen LogP contribution in [0.5, 0.6) is 0 Å². The molecule has 0 saturated heterocycles. The lowest BCUT2D eigenvalue weighted by molar-refractivity contribution is -0.120. The monoisotopic (exact) mass is 210 g/mol. The van der Waals surface area contributed by atoms with Gasteiger partial charge in [-0.15, -0.1) is 0 Å². The summed E-state index contributed by atoms with van der Waals surface area (Å²) in [5.74, 6) is 1.97. The van der Waals surface area contributed by atoms with Crippen LogP contribution in [0.4, 0.5) is 0 Å². The highest BCUT2D eigenvalue weighted by molar-refractivity contribution is 5.75. The van der Waals surface area contributed by atoms with E-state index in [0.717, 1.165) is 17.9 Å². The van der Waals surface area contributed by atoms with E-state index in [2.05, 4.69) is 17.6 Å². The number of hydrogen-bond acceptors (Lipinski definition) is 3. The first-order chi connectivity index (χ1) is 7.26. The lowest BCUT2D eigenvalue weighted by Crippen LogP contribution is -2.24. The number of amides is 1. The Morgan fingerprint density at radius 3 is 2.73 bits per heavy atom. The second-order valence-electron chi connectivity index (χ2n) is 3.32. The fourth-order valence-corrected chi connectivity index (χ4v) is 1.25. The van der Waals surface area contributed by atoms with Crippen LogP contribution >= 0.6 is 0 Å². The maximum absolute atomic E-state index is 10.9. The third-order valence-electron chi connectivity index (χ3n) is 2.17. The first-order valence-corrected chi connectivity index (χ1v) is 5.25. The third-order valence-corrected chi connectivity index (χ3v) is 2.17. The molecule has 2 N–H and O–H groups in total. The molecule has 0 fully saturated rings. The Morgan fingerprint density at radius 2 is 2.13 bits per heavy atom. The van der Waals surface area contributed by atoms with Crippen molar-refractivity contribution in [3.63, 3.8) is 0 Å². The van der Waals surface area contributed by atoms with E-state index in [9.17, 15) is 4.79 Å². The lowest BCUT2D eigenvalue weighted by Gasteiger charge is -2.01. The molecule has 0 aromatic carbocycles. The fraction of sp³-hybridized carbons (Fsp3) is 0.545. The summed E-state index contributed by atoms with van der Waals surface area (Å²) in [5, 5.41) is 5.72. The van der Waals surface area contributed by atoms with E-state index < -0.39 is 0 Å². The summed E-state index contributed by atoms with van der Waals surface area (Å²) in [6.07, 6.45) is 1.41. The highest BCUT2D eigenvalue weighted by atomic mass is 16.3. The Morgan fingerprint density at radius 1 is 1.40 bits per heavy atom. The Bertz CT molecular complexity index is 307. The van der Waals surface area contributed by atoms with Crippen molar-refractivity contribution in [2.75, 3.05) is 13.6 Å². The van der Waals surface area contributed by atoms with Gasteiger partial charge in [0.25, 0.3) is 0 Å². The maximum atomic E-state index is 10.9. The number of carbonyl (C=O) groups excluding carboxylic acids is 1. The van der Waals surface area contributed by atoms with Gasteiger partial charge < -0.3 is 15.1 Å². The Labute approximate surface area is 90.0 Å². The van der Waals surface area contributed by atoms with Crippen LogP contribution < -0.4 is 10.6 Å². The molecule has 1 amide bonds. The molecular weight excluding hydrogens is 192 g/mol. The first-order valence-electron chi connectivity index (χ1n) is 5.25. The summed E-state index contributed by atoms with van der Waals surface area (Å²) >= 11 is 0.